The molecular formula is C26H26F2N6O3. The Kier molecular flexibility index (Phi) is 5.86. The lowest BCUT2D eigenvalue weighted by atomic mass is 9.93. The molecule has 0 aliphatic carbocycles. The number of anilines is 2. The summed E-state index contributed by atoms with van der Waals surface area (Å²) in [6.07, 6.45) is 3.71. The highest BCUT2D eigenvalue weighted by atomic mass is 19.3. The van der Waals surface area contributed by atoms with Crippen LogP contribution in [0.3, 0.4) is 0 Å². The van der Waals surface area contributed by atoms with Crippen molar-refractivity contribution >= 4 is 28.5 Å². The van der Waals surface area contributed by atoms with Gasteiger partial charge in [-0.25, -0.2) is 18.6 Å². The second kappa shape index (κ2) is 9.22. The molecule has 2 aliphatic heterocycles. The summed E-state index contributed by atoms with van der Waals surface area (Å²) in [5.41, 5.74) is 3.69. The monoisotopic (exact) mass is 508 g/mol. The molecule has 0 amide bonds. The van der Waals surface area contributed by atoms with E-state index in [1.165, 1.54) is 6.07 Å². The average Bonchev–Trinajstić information content (AvgIpc) is 3.51. The van der Waals surface area contributed by atoms with Crippen molar-refractivity contribution in [2.45, 2.75) is 38.2 Å². The fourth-order valence-electron chi connectivity index (χ4n) is 5.37. The van der Waals surface area contributed by atoms with Crippen molar-refractivity contribution in [1.29, 1.82) is 0 Å². The van der Waals surface area contributed by atoms with E-state index in [1.54, 1.807) is 36.3 Å². The number of hydrogen-bond acceptors (Lipinski definition) is 6. The van der Waals surface area contributed by atoms with E-state index < -0.39 is 12.4 Å². The summed E-state index contributed by atoms with van der Waals surface area (Å²) in [6.45, 7) is 1.79. The lowest BCUT2D eigenvalue weighted by molar-refractivity contribution is 0.0675. The first kappa shape index (κ1) is 23.5. The van der Waals surface area contributed by atoms with Crippen LogP contribution < -0.4 is 4.90 Å². The van der Waals surface area contributed by atoms with Crippen molar-refractivity contribution in [3.63, 3.8) is 0 Å². The molecule has 1 N–H and O–H groups in total. The number of nitrogens with zero attached hydrogens (tertiary/aromatic N) is 6. The summed E-state index contributed by atoms with van der Waals surface area (Å²) in [7, 11) is 1.75. The number of aryl methyl sites for hydroxylation is 2. The third-order valence-electron chi connectivity index (χ3n) is 7.17. The largest absolute Gasteiger partial charge is 0.477 e. The minimum absolute atomic E-state index is 0.0778. The van der Waals surface area contributed by atoms with E-state index in [0.717, 1.165) is 36.8 Å². The van der Waals surface area contributed by atoms with E-state index in [2.05, 4.69) is 10.1 Å². The van der Waals surface area contributed by atoms with E-state index in [0.29, 0.717) is 47.9 Å². The van der Waals surface area contributed by atoms with Gasteiger partial charge < -0.3 is 14.7 Å². The molecule has 0 atom stereocenters. The molecule has 11 heteroatoms. The van der Waals surface area contributed by atoms with Gasteiger partial charge in [0.1, 0.15) is 11.2 Å². The van der Waals surface area contributed by atoms with Crippen molar-refractivity contribution in [3.05, 3.63) is 53.5 Å². The van der Waals surface area contributed by atoms with Crippen molar-refractivity contribution in [1.82, 2.24) is 24.5 Å². The van der Waals surface area contributed by atoms with Crippen LogP contribution in [0.1, 0.15) is 53.3 Å². The topological polar surface area (TPSA) is 98.3 Å². The number of fused-ring (bicyclic) bond motifs is 2. The maximum Gasteiger partial charge on any atom is 0.354 e. The van der Waals surface area contributed by atoms with E-state index in [4.69, 9.17) is 9.84 Å². The zero-order valence-corrected chi connectivity index (χ0v) is 20.3. The van der Waals surface area contributed by atoms with Gasteiger partial charge in [-0.2, -0.15) is 10.2 Å². The molecule has 0 unspecified atom stereocenters. The molecule has 192 valence electrons. The molecule has 9 nitrogen and oxygen atoms in total. The molecule has 0 saturated carbocycles. The van der Waals surface area contributed by atoms with Crippen LogP contribution in [0, 0.1) is 0 Å². The van der Waals surface area contributed by atoms with Gasteiger partial charge in [-0.05, 0) is 61.1 Å². The summed E-state index contributed by atoms with van der Waals surface area (Å²) in [4.78, 5) is 18.1. The Morgan fingerprint density at radius 1 is 1.22 bits per heavy atom. The van der Waals surface area contributed by atoms with E-state index in [1.807, 2.05) is 15.6 Å². The maximum atomic E-state index is 14.3. The highest BCUT2D eigenvalue weighted by Crippen LogP contribution is 2.43. The average molecular weight is 509 g/mol. The van der Waals surface area contributed by atoms with Crippen LogP contribution in [0.5, 0.6) is 0 Å². The van der Waals surface area contributed by atoms with Crippen molar-refractivity contribution < 1.29 is 23.4 Å². The van der Waals surface area contributed by atoms with Crippen LogP contribution in [0.4, 0.5) is 20.3 Å². The second-order valence-electron chi connectivity index (χ2n) is 9.51. The quantitative estimate of drug-likeness (QED) is 0.409. The lowest BCUT2D eigenvalue weighted by Crippen LogP contribution is -2.26. The van der Waals surface area contributed by atoms with Crippen LogP contribution in [0.15, 0.2) is 36.7 Å². The molecule has 6 rings (SSSR count). The molecule has 1 saturated heterocycles. The third-order valence-corrected chi connectivity index (χ3v) is 7.17. The molecule has 37 heavy (non-hydrogen) atoms. The molecule has 0 spiro atoms. The smallest absolute Gasteiger partial charge is 0.354 e. The minimum Gasteiger partial charge on any atom is -0.477 e. The zero-order chi connectivity index (χ0) is 25.7. The number of hydrogen-bond donors (Lipinski definition) is 1. The summed E-state index contributed by atoms with van der Waals surface area (Å²) >= 11 is 0. The number of carboxylic acid groups (broad SMARTS) is 1. The molecule has 0 radical (unpaired) electrons. The molecule has 0 bridgehead atoms. The predicted molar refractivity (Wildman–Crippen MR) is 133 cm³/mol. The molecule has 4 aromatic rings. The summed E-state index contributed by atoms with van der Waals surface area (Å²) < 4.78 is 37.6. The molecular weight excluding hydrogens is 482 g/mol. The van der Waals surface area contributed by atoms with Crippen LogP contribution >= 0.6 is 0 Å². The normalized spacial score (nSPS) is 16.5. The number of rotatable bonds is 5. The Hall–Kier alpha value is -3.86. The van der Waals surface area contributed by atoms with Gasteiger partial charge in [0.2, 0.25) is 0 Å². The van der Waals surface area contributed by atoms with Gasteiger partial charge in [0, 0.05) is 49.8 Å². The second-order valence-corrected chi connectivity index (χ2v) is 9.51. The lowest BCUT2D eigenvalue weighted by Gasteiger charge is -2.31. The molecule has 3 aromatic heterocycles. The summed E-state index contributed by atoms with van der Waals surface area (Å²) in [5, 5.41) is 18.7. The molecule has 1 fully saturated rings. The van der Waals surface area contributed by atoms with E-state index in [9.17, 15) is 18.7 Å². The Bertz CT molecular complexity index is 1490. The van der Waals surface area contributed by atoms with Gasteiger partial charge in [-0.1, -0.05) is 0 Å². The predicted octanol–water partition coefficient (Wildman–Crippen LogP) is 4.90. The first-order valence-electron chi connectivity index (χ1n) is 12.3. The fourth-order valence-corrected chi connectivity index (χ4v) is 5.37. The number of alkyl halides is 2. The van der Waals surface area contributed by atoms with Crippen molar-refractivity contribution in [3.8, 4) is 11.1 Å². The highest BCUT2D eigenvalue weighted by molar-refractivity contribution is 5.94. The van der Waals surface area contributed by atoms with Crippen LogP contribution in [-0.2, 0) is 18.2 Å². The van der Waals surface area contributed by atoms with Gasteiger partial charge in [0.25, 0.3) is 6.43 Å². The van der Waals surface area contributed by atoms with E-state index in [-0.39, 0.29) is 17.3 Å². The first-order valence-corrected chi connectivity index (χ1v) is 12.3. The summed E-state index contributed by atoms with van der Waals surface area (Å²) in [6, 6.07) is 6.66. The standard InChI is InChI=1S/C26H26F2N6O3/c1-32-14-16(13-29-32)18-11-15-3-2-8-33(22(15)12-19(18)24(27)28)25-23-21(5-4-20(30-23)26(35)36)34(31-25)17-6-9-37-10-7-17/h4-5,11-14,17,24H,2-3,6-10H2,1H3,(H,35,36). The van der Waals surface area contributed by atoms with Crippen LogP contribution in [0.2, 0.25) is 0 Å². The number of carboxylic acids is 1. The third kappa shape index (κ3) is 4.12. The highest BCUT2D eigenvalue weighted by Gasteiger charge is 2.30. The zero-order valence-electron chi connectivity index (χ0n) is 20.3. The molecule has 2 aliphatic rings. The van der Waals surface area contributed by atoms with Crippen molar-refractivity contribution in [2.24, 2.45) is 7.05 Å². The number of carbonyl (C=O) groups is 1. The number of ether oxygens (including phenoxy) is 1. The Balaban J connectivity index is 1.52. The van der Waals surface area contributed by atoms with Crippen LogP contribution in [0.25, 0.3) is 22.2 Å². The van der Waals surface area contributed by atoms with Gasteiger partial charge in [0.15, 0.2) is 5.82 Å². The Morgan fingerprint density at radius 3 is 2.73 bits per heavy atom. The molecule has 1 aromatic carbocycles. The summed E-state index contributed by atoms with van der Waals surface area (Å²) in [5.74, 6) is -0.647. The molecule has 5 heterocycles. The first-order chi connectivity index (χ1) is 17.9. The van der Waals surface area contributed by atoms with Gasteiger partial charge in [0.05, 0.1) is 17.8 Å². The SMILES string of the molecule is Cn1cc(-c2cc3c(cc2C(F)F)N(c2nn(C4CCOCC4)c4ccc(C(=O)O)nc24)CCC3)cn1. The maximum absolute atomic E-state index is 14.3. The minimum atomic E-state index is -2.68. The van der Waals surface area contributed by atoms with Gasteiger partial charge in [-0.3, -0.25) is 9.36 Å². The number of aromatic carboxylic acids is 1. The van der Waals surface area contributed by atoms with Crippen LogP contribution in [-0.4, -0.2) is 55.4 Å². The van der Waals surface area contributed by atoms with Gasteiger partial charge >= 0.3 is 5.97 Å². The Labute approximate surface area is 211 Å². The number of pyridine rings is 1. The Morgan fingerprint density at radius 2 is 2.03 bits per heavy atom. The van der Waals surface area contributed by atoms with E-state index >= 15 is 0 Å². The number of halogens is 2. The van der Waals surface area contributed by atoms with Crippen molar-refractivity contribution in [2.75, 3.05) is 24.7 Å². The number of benzene rings is 1. The fraction of sp³-hybridized carbons (Fsp3) is 0.385. The number of aromatic nitrogens is 5. The van der Waals surface area contributed by atoms with Gasteiger partial charge in [-0.15, -0.1) is 0 Å².